The topological polar surface area (TPSA) is 85.8 Å². The van der Waals surface area contributed by atoms with Crippen molar-refractivity contribution in [3.05, 3.63) is 42.0 Å². The molecule has 0 bridgehead atoms. The van der Waals surface area contributed by atoms with E-state index in [-0.39, 0.29) is 30.3 Å². The monoisotopic (exact) mass is 277 g/mol. The fourth-order valence-electron chi connectivity index (χ4n) is 1.88. The molecule has 1 aromatic carbocycles. The number of nitrogen functional groups attached to an aromatic ring is 1. The summed E-state index contributed by atoms with van der Waals surface area (Å²) < 4.78 is 14.2. The van der Waals surface area contributed by atoms with Gasteiger partial charge in [-0.15, -0.1) is 5.10 Å². The molecule has 1 atom stereocenters. The Morgan fingerprint density at radius 3 is 2.75 bits per heavy atom. The number of nitrogens with one attached hydrogen (secondary N) is 1. The third kappa shape index (κ3) is 4.04. The van der Waals surface area contributed by atoms with Crippen LogP contribution in [0.25, 0.3) is 0 Å². The van der Waals surface area contributed by atoms with E-state index in [1.807, 2.05) is 6.92 Å². The molecule has 6 nitrogen and oxygen atoms in total. The number of aromatic nitrogens is 3. The lowest BCUT2D eigenvalue weighted by Crippen LogP contribution is -2.36. The van der Waals surface area contributed by atoms with E-state index < -0.39 is 0 Å². The molecule has 0 aliphatic carbocycles. The molecule has 1 amide bonds. The van der Waals surface area contributed by atoms with Crippen molar-refractivity contribution in [1.82, 2.24) is 20.1 Å². The van der Waals surface area contributed by atoms with Crippen LogP contribution in [0.1, 0.15) is 12.5 Å². The second kappa shape index (κ2) is 6.14. The van der Waals surface area contributed by atoms with E-state index in [0.717, 1.165) is 5.56 Å². The van der Waals surface area contributed by atoms with Crippen LogP contribution in [0.5, 0.6) is 0 Å². The minimum Gasteiger partial charge on any atom is -0.367 e. The highest BCUT2D eigenvalue weighted by Crippen LogP contribution is 2.05. The first-order valence-corrected chi connectivity index (χ1v) is 6.21. The third-order valence-electron chi connectivity index (χ3n) is 2.72. The van der Waals surface area contributed by atoms with E-state index in [4.69, 9.17) is 5.73 Å². The van der Waals surface area contributed by atoms with Crippen molar-refractivity contribution >= 4 is 11.9 Å². The summed E-state index contributed by atoms with van der Waals surface area (Å²) in [6.07, 6.45) is 2.03. The summed E-state index contributed by atoms with van der Waals surface area (Å²) >= 11 is 0. The molecule has 20 heavy (non-hydrogen) atoms. The molecule has 1 aromatic heterocycles. The number of rotatable bonds is 5. The smallest absolute Gasteiger partial charge is 0.242 e. The SMILES string of the molecule is CC(Cc1ccc(F)cc1)NC(=O)Cn1cnc(N)n1. The van der Waals surface area contributed by atoms with E-state index in [0.29, 0.717) is 6.42 Å². The predicted molar refractivity (Wildman–Crippen MR) is 72.1 cm³/mol. The average Bonchev–Trinajstić information content (AvgIpc) is 2.77. The van der Waals surface area contributed by atoms with Crippen molar-refractivity contribution in [2.24, 2.45) is 0 Å². The molecular formula is C13H16FN5O. The van der Waals surface area contributed by atoms with Gasteiger partial charge in [-0.1, -0.05) is 12.1 Å². The maximum atomic E-state index is 12.8. The molecule has 0 aliphatic rings. The molecule has 2 aromatic rings. The molecule has 3 N–H and O–H groups in total. The normalized spacial score (nSPS) is 12.1. The quantitative estimate of drug-likeness (QED) is 0.844. The van der Waals surface area contributed by atoms with Crippen LogP contribution in [0, 0.1) is 5.82 Å². The molecule has 0 aliphatic heterocycles. The fraction of sp³-hybridized carbons (Fsp3) is 0.308. The standard InChI is InChI=1S/C13H16FN5O/c1-9(6-10-2-4-11(14)5-3-10)17-12(20)7-19-8-16-13(15)18-19/h2-5,8-9H,6-7H2,1H3,(H2,15,18)(H,17,20). The molecule has 0 saturated heterocycles. The number of amides is 1. The molecule has 7 heteroatoms. The Hall–Kier alpha value is -2.44. The third-order valence-corrected chi connectivity index (χ3v) is 2.72. The average molecular weight is 277 g/mol. The molecule has 1 heterocycles. The van der Waals surface area contributed by atoms with Gasteiger partial charge in [0.25, 0.3) is 0 Å². The number of anilines is 1. The number of halogens is 1. The van der Waals surface area contributed by atoms with Crippen LogP contribution in [-0.2, 0) is 17.8 Å². The van der Waals surface area contributed by atoms with Crippen LogP contribution in [0.2, 0.25) is 0 Å². The summed E-state index contributed by atoms with van der Waals surface area (Å²) in [6, 6.07) is 6.16. The van der Waals surface area contributed by atoms with E-state index in [1.54, 1.807) is 12.1 Å². The summed E-state index contributed by atoms with van der Waals surface area (Å²) in [6.45, 7) is 1.95. The first kappa shape index (κ1) is 14.0. The predicted octanol–water partition coefficient (Wildman–Crippen LogP) is 0.747. The maximum Gasteiger partial charge on any atom is 0.242 e. The first-order valence-electron chi connectivity index (χ1n) is 6.21. The molecule has 0 radical (unpaired) electrons. The van der Waals surface area contributed by atoms with Gasteiger partial charge >= 0.3 is 0 Å². The number of benzene rings is 1. The van der Waals surface area contributed by atoms with Crippen molar-refractivity contribution in [3.8, 4) is 0 Å². The Morgan fingerprint density at radius 2 is 2.15 bits per heavy atom. The first-order chi connectivity index (χ1) is 9.52. The van der Waals surface area contributed by atoms with Gasteiger partial charge in [-0.05, 0) is 31.0 Å². The summed E-state index contributed by atoms with van der Waals surface area (Å²) in [5.74, 6) is -0.309. The lowest BCUT2D eigenvalue weighted by Gasteiger charge is -2.13. The van der Waals surface area contributed by atoms with Crippen molar-refractivity contribution in [1.29, 1.82) is 0 Å². The molecule has 1 unspecified atom stereocenters. The summed E-state index contributed by atoms with van der Waals surface area (Å²) in [7, 11) is 0. The highest BCUT2D eigenvalue weighted by molar-refractivity contribution is 5.75. The van der Waals surface area contributed by atoms with Crippen molar-refractivity contribution < 1.29 is 9.18 Å². The second-order valence-corrected chi connectivity index (χ2v) is 4.60. The zero-order valence-corrected chi connectivity index (χ0v) is 11.1. The lowest BCUT2D eigenvalue weighted by atomic mass is 10.1. The molecule has 0 saturated carbocycles. The highest BCUT2D eigenvalue weighted by atomic mass is 19.1. The Labute approximate surface area is 115 Å². The van der Waals surface area contributed by atoms with Gasteiger partial charge in [-0.25, -0.2) is 14.1 Å². The molecule has 0 fully saturated rings. The van der Waals surface area contributed by atoms with E-state index in [2.05, 4.69) is 15.4 Å². The van der Waals surface area contributed by atoms with Gasteiger partial charge in [0.2, 0.25) is 11.9 Å². The number of nitrogens with two attached hydrogens (primary N) is 1. The van der Waals surface area contributed by atoms with Gasteiger partial charge in [-0.2, -0.15) is 0 Å². The summed E-state index contributed by atoms with van der Waals surface area (Å²) in [4.78, 5) is 15.5. The number of carbonyl (C=O) groups excluding carboxylic acids is 1. The van der Waals surface area contributed by atoms with Crippen LogP contribution < -0.4 is 11.1 Å². The summed E-state index contributed by atoms with van der Waals surface area (Å²) in [5, 5.41) is 6.67. The van der Waals surface area contributed by atoms with Crippen molar-refractivity contribution in [2.45, 2.75) is 25.9 Å². The number of nitrogens with zero attached hydrogens (tertiary/aromatic N) is 3. The lowest BCUT2D eigenvalue weighted by molar-refractivity contribution is -0.122. The molecule has 0 spiro atoms. The summed E-state index contributed by atoms with van der Waals surface area (Å²) in [5.41, 5.74) is 6.33. The van der Waals surface area contributed by atoms with Gasteiger partial charge in [-0.3, -0.25) is 4.79 Å². The van der Waals surface area contributed by atoms with Crippen LogP contribution in [0.15, 0.2) is 30.6 Å². The zero-order chi connectivity index (χ0) is 14.5. The van der Waals surface area contributed by atoms with Crippen molar-refractivity contribution in [3.63, 3.8) is 0 Å². The van der Waals surface area contributed by atoms with E-state index in [1.165, 1.54) is 23.1 Å². The maximum absolute atomic E-state index is 12.8. The Bertz CT molecular complexity index is 581. The van der Waals surface area contributed by atoms with Gasteiger partial charge in [0.1, 0.15) is 18.7 Å². The van der Waals surface area contributed by atoms with Crippen molar-refractivity contribution in [2.75, 3.05) is 5.73 Å². The fourth-order valence-corrected chi connectivity index (χ4v) is 1.88. The Morgan fingerprint density at radius 1 is 1.45 bits per heavy atom. The Kier molecular flexibility index (Phi) is 4.29. The van der Waals surface area contributed by atoms with E-state index in [9.17, 15) is 9.18 Å². The van der Waals surface area contributed by atoms with Crippen LogP contribution in [0.3, 0.4) is 0 Å². The highest BCUT2D eigenvalue weighted by Gasteiger charge is 2.09. The van der Waals surface area contributed by atoms with Crippen LogP contribution in [-0.4, -0.2) is 26.7 Å². The van der Waals surface area contributed by atoms with Gasteiger partial charge < -0.3 is 11.1 Å². The molecular weight excluding hydrogens is 261 g/mol. The van der Waals surface area contributed by atoms with Gasteiger partial charge in [0, 0.05) is 6.04 Å². The van der Waals surface area contributed by atoms with E-state index >= 15 is 0 Å². The van der Waals surface area contributed by atoms with Gasteiger partial charge in [0.15, 0.2) is 0 Å². The van der Waals surface area contributed by atoms with Crippen LogP contribution in [0.4, 0.5) is 10.3 Å². The second-order valence-electron chi connectivity index (χ2n) is 4.60. The van der Waals surface area contributed by atoms with Crippen LogP contribution >= 0.6 is 0 Å². The largest absolute Gasteiger partial charge is 0.367 e. The minimum absolute atomic E-state index is 0.0613. The zero-order valence-electron chi connectivity index (χ0n) is 11.1. The molecule has 2 rings (SSSR count). The van der Waals surface area contributed by atoms with Gasteiger partial charge in [0.05, 0.1) is 0 Å². The number of hydrogen-bond acceptors (Lipinski definition) is 4. The number of hydrogen-bond donors (Lipinski definition) is 2. The number of carbonyl (C=O) groups is 1. The minimum atomic E-state index is -0.269. The Balaban J connectivity index is 1.83. The molecule has 106 valence electrons.